The zero-order chi connectivity index (χ0) is 11.4. The van der Waals surface area contributed by atoms with E-state index < -0.39 is 0 Å². The Labute approximate surface area is 113 Å². The van der Waals surface area contributed by atoms with E-state index in [0.29, 0.717) is 0 Å². The molecule has 0 atom stereocenters. The molecule has 1 saturated heterocycles. The van der Waals surface area contributed by atoms with Gasteiger partial charge in [-0.05, 0) is 28.1 Å². The summed E-state index contributed by atoms with van der Waals surface area (Å²) in [4.78, 5) is 9.24. The van der Waals surface area contributed by atoms with Crippen LogP contribution in [0.3, 0.4) is 0 Å². The zero-order valence-electron chi connectivity index (χ0n) is 9.07. The standard InChI is InChI=1S/C11H15Br2N3/c12-3-4-15-5-7-16(8-6-15)11-2-1-10(13)9-14-11/h1-2,9H,3-8H2. The van der Waals surface area contributed by atoms with Gasteiger partial charge in [-0.25, -0.2) is 4.98 Å². The number of piperazine rings is 1. The average molecular weight is 349 g/mol. The van der Waals surface area contributed by atoms with E-state index in [1.165, 1.54) is 0 Å². The van der Waals surface area contributed by atoms with Gasteiger partial charge in [0, 0.05) is 48.7 Å². The molecule has 88 valence electrons. The second kappa shape index (κ2) is 5.98. The van der Waals surface area contributed by atoms with Crippen molar-refractivity contribution in [1.29, 1.82) is 0 Å². The number of hydrogen-bond donors (Lipinski definition) is 0. The fourth-order valence-corrected chi connectivity index (χ4v) is 2.61. The summed E-state index contributed by atoms with van der Waals surface area (Å²) in [5.41, 5.74) is 0. The quantitative estimate of drug-likeness (QED) is 0.782. The molecule has 2 rings (SSSR count). The molecule has 1 aromatic heterocycles. The molecule has 1 aliphatic rings. The van der Waals surface area contributed by atoms with E-state index in [9.17, 15) is 0 Å². The predicted octanol–water partition coefficient (Wildman–Crippen LogP) is 2.36. The first-order valence-corrected chi connectivity index (χ1v) is 7.36. The van der Waals surface area contributed by atoms with Gasteiger partial charge in [0.05, 0.1) is 0 Å². The molecule has 3 nitrogen and oxygen atoms in total. The number of halogens is 2. The van der Waals surface area contributed by atoms with Gasteiger partial charge in [-0.3, -0.25) is 4.90 Å². The van der Waals surface area contributed by atoms with Crippen LogP contribution in [-0.2, 0) is 0 Å². The Morgan fingerprint density at radius 1 is 1.19 bits per heavy atom. The Balaban J connectivity index is 1.91. The Morgan fingerprint density at radius 2 is 1.94 bits per heavy atom. The average Bonchev–Trinajstić information content (AvgIpc) is 2.32. The maximum Gasteiger partial charge on any atom is 0.128 e. The highest BCUT2D eigenvalue weighted by Crippen LogP contribution is 2.16. The van der Waals surface area contributed by atoms with E-state index >= 15 is 0 Å². The van der Waals surface area contributed by atoms with Crippen LogP contribution in [0.15, 0.2) is 22.8 Å². The minimum absolute atomic E-state index is 1.04. The first kappa shape index (κ1) is 12.3. The lowest BCUT2D eigenvalue weighted by atomic mass is 10.3. The summed E-state index contributed by atoms with van der Waals surface area (Å²) >= 11 is 6.89. The molecule has 5 heteroatoms. The van der Waals surface area contributed by atoms with Crippen molar-refractivity contribution in [1.82, 2.24) is 9.88 Å². The van der Waals surface area contributed by atoms with Crippen LogP contribution < -0.4 is 4.90 Å². The van der Waals surface area contributed by atoms with Crippen molar-refractivity contribution >= 4 is 37.7 Å². The van der Waals surface area contributed by atoms with Gasteiger partial charge in [0.15, 0.2) is 0 Å². The molecule has 0 amide bonds. The molecule has 0 saturated carbocycles. The fraction of sp³-hybridized carbons (Fsp3) is 0.545. The predicted molar refractivity (Wildman–Crippen MR) is 74.4 cm³/mol. The third-order valence-electron chi connectivity index (χ3n) is 2.81. The van der Waals surface area contributed by atoms with E-state index in [4.69, 9.17) is 0 Å². The second-order valence-electron chi connectivity index (χ2n) is 3.85. The smallest absolute Gasteiger partial charge is 0.128 e. The van der Waals surface area contributed by atoms with Crippen molar-refractivity contribution in [3.8, 4) is 0 Å². The molecule has 1 aliphatic heterocycles. The highest BCUT2D eigenvalue weighted by Gasteiger charge is 2.16. The first-order chi connectivity index (χ1) is 7.79. The number of nitrogens with zero attached hydrogens (tertiary/aromatic N) is 3. The molecule has 0 unspecified atom stereocenters. The van der Waals surface area contributed by atoms with Gasteiger partial charge in [-0.2, -0.15) is 0 Å². The highest BCUT2D eigenvalue weighted by atomic mass is 79.9. The zero-order valence-corrected chi connectivity index (χ0v) is 12.2. The lowest BCUT2D eigenvalue weighted by molar-refractivity contribution is 0.273. The SMILES string of the molecule is BrCCN1CCN(c2ccc(Br)cn2)CC1. The third-order valence-corrected chi connectivity index (χ3v) is 3.63. The Hall–Kier alpha value is -0.130. The molecule has 16 heavy (non-hydrogen) atoms. The molecule has 1 fully saturated rings. The van der Waals surface area contributed by atoms with Crippen molar-refractivity contribution in [2.24, 2.45) is 0 Å². The normalized spacial score (nSPS) is 17.8. The van der Waals surface area contributed by atoms with Crippen LogP contribution in [-0.4, -0.2) is 47.9 Å². The molecular weight excluding hydrogens is 334 g/mol. The van der Waals surface area contributed by atoms with Crippen LogP contribution in [0.5, 0.6) is 0 Å². The van der Waals surface area contributed by atoms with Crippen molar-refractivity contribution < 1.29 is 0 Å². The number of aromatic nitrogens is 1. The first-order valence-electron chi connectivity index (χ1n) is 5.44. The van der Waals surface area contributed by atoms with E-state index in [0.717, 1.165) is 48.3 Å². The summed E-state index contributed by atoms with van der Waals surface area (Å²) in [5.74, 6) is 1.08. The highest BCUT2D eigenvalue weighted by molar-refractivity contribution is 9.10. The number of pyridine rings is 1. The largest absolute Gasteiger partial charge is 0.354 e. The maximum atomic E-state index is 4.42. The van der Waals surface area contributed by atoms with Gasteiger partial charge in [-0.1, -0.05) is 15.9 Å². The van der Waals surface area contributed by atoms with Crippen molar-refractivity contribution in [2.75, 3.05) is 43.0 Å². The molecule has 0 bridgehead atoms. The second-order valence-corrected chi connectivity index (χ2v) is 5.56. The van der Waals surface area contributed by atoms with Crippen LogP contribution >= 0.6 is 31.9 Å². The topological polar surface area (TPSA) is 19.4 Å². The monoisotopic (exact) mass is 347 g/mol. The van der Waals surface area contributed by atoms with Gasteiger partial charge < -0.3 is 4.90 Å². The van der Waals surface area contributed by atoms with E-state index in [-0.39, 0.29) is 0 Å². The Morgan fingerprint density at radius 3 is 2.50 bits per heavy atom. The summed E-state index contributed by atoms with van der Waals surface area (Å²) < 4.78 is 1.04. The van der Waals surface area contributed by atoms with Gasteiger partial charge in [0.25, 0.3) is 0 Å². The fourth-order valence-electron chi connectivity index (χ4n) is 1.88. The molecule has 2 heterocycles. The van der Waals surface area contributed by atoms with E-state index in [1.54, 1.807) is 0 Å². The van der Waals surface area contributed by atoms with Crippen LogP contribution in [0.2, 0.25) is 0 Å². The summed E-state index contributed by atoms with van der Waals surface area (Å²) in [6.07, 6.45) is 1.86. The minimum Gasteiger partial charge on any atom is -0.354 e. The summed E-state index contributed by atoms with van der Waals surface area (Å²) in [5, 5.41) is 1.06. The molecule has 0 radical (unpaired) electrons. The number of alkyl halides is 1. The molecule has 0 aromatic carbocycles. The van der Waals surface area contributed by atoms with E-state index in [1.807, 2.05) is 12.3 Å². The molecule has 1 aromatic rings. The number of anilines is 1. The number of rotatable bonds is 3. The number of hydrogen-bond acceptors (Lipinski definition) is 3. The maximum absolute atomic E-state index is 4.42. The van der Waals surface area contributed by atoms with Gasteiger partial charge in [0.2, 0.25) is 0 Å². The molecule has 0 N–H and O–H groups in total. The van der Waals surface area contributed by atoms with Crippen LogP contribution in [0.4, 0.5) is 5.82 Å². The van der Waals surface area contributed by atoms with Gasteiger partial charge >= 0.3 is 0 Å². The minimum atomic E-state index is 1.04. The lowest BCUT2D eigenvalue weighted by Gasteiger charge is -2.35. The lowest BCUT2D eigenvalue weighted by Crippen LogP contribution is -2.47. The molecular formula is C11H15Br2N3. The van der Waals surface area contributed by atoms with E-state index in [2.05, 4.69) is 52.7 Å². The van der Waals surface area contributed by atoms with Crippen LogP contribution in [0, 0.1) is 0 Å². The van der Waals surface area contributed by atoms with Crippen molar-refractivity contribution in [3.63, 3.8) is 0 Å². The summed E-state index contributed by atoms with van der Waals surface area (Å²) in [6.45, 7) is 5.54. The Kier molecular flexibility index (Phi) is 4.61. The third kappa shape index (κ3) is 3.18. The van der Waals surface area contributed by atoms with Crippen molar-refractivity contribution in [3.05, 3.63) is 22.8 Å². The van der Waals surface area contributed by atoms with Crippen LogP contribution in [0.1, 0.15) is 0 Å². The van der Waals surface area contributed by atoms with Gasteiger partial charge in [-0.15, -0.1) is 0 Å². The summed E-state index contributed by atoms with van der Waals surface area (Å²) in [6, 6.07) is 4.12. The van der Waals surface area contributed by atoms with Crippen molar-refractivity contribution in [2.45, 2.75) is 0 Å². The van der Waals surface area contributed by atoms with Gasteiger partial charge in [0.1, 0.15) is 5.82 Å². The van der Waals surface area contributed by atoms with Crippen LogP contribution in [0.25, 0.3) is 0 Å². The Bertz CT molecular complexity index is 321. The summed E-state index contributed by atoms with van der Waals surface area (Å²) in [7, 11) is 0. The molecule has 0 aliphatic carbocycles. The molecule has 0 spiro atoms.